The van der Waals surface area contributed by atoms with E-state index in [0.29, 0.717) is 34.8 Å². The first-order valence-corrected chi connectivity index (χ1v) is 7.88. The van der Waals surface area contributed by atoms with Crippen molar-refractivity contribution in [2.75, 3.05) is 13.1 Å². The molecule has 0 fully saturated rings. The van der Waals surface area contributed by atoms with E-state index in [1.807, 2.05) is 6.92 Å². The second-order valence-corrected chi connectivity index (χ2v) is 5.88. The highest BCUT2D eigenvalue weighted by atomic mass is 35.5. The average Bonchev–Trinajstić information content (AvgIpc) is 2.53. The summed E-state index contributed by atoms with van der Waals surface area (Å²) in [6, 6.07) is 9.61. The number of rotatable bonds is 5. The van der Waals surface area contributed by atoms with Crippen molar-refractivity contribution >= 4 is 23.4 Å². The van der Waals surface area contributed by atoms with E-state index in [2.05, 4.69) is 10.6 Å². The van der Waals surface area contributed by atoms with Gasteiger partial charge in [-0.25, -0.2) is 0 Å². The first-order valence-electron chi connectivity index (χ1n) is 7.50. The largest absolute Gasteiger partial charge is 0.508 e. The second kappa shape index (κ2) is 7.84. The molecule has 0 unspecified atom stereocenters. The second-order valence-electron chi connectivity index (χ2n) is 5.47. The van der Waals surface area contributed by atoms with Crippen LogP contribution in [0, 0.1) is 13.8 Å². The van der Waals surface area contributed by atoms with Gasteiger partial charge in [0.2, 0.25) is 0 Å². The lowest BCUT2D eigenvalue weighted by Gasteiger charge is -2.09. The summed E-state index contributed by atoms with van der Waals surface area (Å²) in [7, 11) is 0. The van der Waals surface area contributed by atoms with Gasteiger partial charge in [-0.2, -0.15) is 0 Å². The lowest BCUT2D eigenvalue weighted by molar-refractivity contribution is 0.0927. The molecule has 0 aromatic heterocycles. The summed E-state index contributed by atoms with van der Waals surface area (Å²) in [6.07, 6.45) is 0. The summed E-state index contributed by atoms with van der Waals surface area (Å²) < 4.78 is 0. The highest BCUT2D eigenvalue weighted by Crippen LogP contribution is 2.16. The van der Waals surface area contributed by atoms with Gasteiger partial charge in [0.15, 0.2) is 0 Å². The number of benzene rings is 2. The number of halogens is 1. The first-order chi connectivity index (χ1) is 11.4. The molecule has 0 heterocycles. The zero-order chi connectivity index (χ0) is 17.7. The molecular weight excluding hydrogens is 328 g/mol. The molecule has 24 heavy (non-hydrogen) atoms. The lowest BCUT2D eigenvalue weighted by atomic mass is 10.1. The molecule has 0 spiro atoms. The molecule has 6 heteroatoms. The Morgan fingerprint density at radius 3 is 2.25 bits per heavy atom. The van der Waals surface area contributed by atoms with Crippen LogP contribution in [0.15, 0.2) is 36.4 Å². The average molecular weight is 347 g/mol. The van der Waals surface area contributed by atoms with Crippen LogP contribution in [0.3, 0.4) is 0 Å². The third kappa shape index (κ3) is 4.49. The molecule has 0 bridgehead atoms. The third-order valence-corrected chi connectivity index (χ3v) is 3.99. The van der Waals surface area contributed by atoms with Crippen molar-refractivity contribution in [1.82, 2.24) is 10.6 Å². The molecule has 3 N–H and O–H groups in total. The summed E-state index contributed by atoms with van der Waals surface area (Å²) in [5.74, 6) is -0.344. The molecule has 2 aromatic rings. The minimum atomic E-state index is -0.246. The Bertz CT molecular complexity index is 775. The van der Waals surface area contributed by atoms with Crippen LogP contribution in [0.5, 0.6) is 5.75 Å². The van der Waals surface area contributed by atoms with Gasteiger partial charge in [0, 0.05) is 29.2 Å². The number of carbonyl (C=O) groups excluding carboxylic acids is 2. The smallest absolute Gasteiger partial charge is 0.251 e. The number of carbonyl (C=O) groups is 2. The van der Waals surface area contributed by atoms with Crippen LogP contribution in [0.2, 0.25) is 5.02 Å². The van der Waals surface area contributed by atoms with Gasteiger partial charge in [-0.15, -0.1) is 0 Å². The SMILES string of the molecule is Cc1cc(C(=O)NCCNC(=O)c2ccc(O)cc2C)ccc1Cl. The number of phenolic OH excluding ortho intramolecular Hbond substituents is 1. The predicted octanol–water partition coefficient (Wildman–Crippen LogP) is 2.82. The van der Waals surface area contributed by atoms with Crippen molar-refractivity contribution in [2.45, 2.75) is 13.8 Å². The number of aromatic hydroxyl groups is 1. The summed E-state index contributed by atoms with van der Waals surface area (Å²) >= 11 is 5.93. The lowest BCUT2D eigenvalue weighted by Crippen LogP contribution is -2.34. The maximum Gasteiger partial charge on any atom is 0.251 e. The van der Waals surface area contributed by atoms with E-state index in [9.17, 15) is 14.7 Å². The molecule has 0 aliphatic heterocycles. The monoisotopic (exact) mass is 346 g/mol. The summed E-state index contributed by atoms with van der Waals surface area (Å²) in [6.45, 7) is 4.19. The molecular formula is C18H19ClN2O3. The molecule has 0 radical (unpaired) electrons. The minimum Gasteiger partial charge on any atom is -0.508 e. The van der Waals surface area contributed by atoms with Crippen LogP contribution >= 0.6 is 11.6 Å². The molecule has 2 aromatic carbocycles. The van der Waals surface area contributed by atoms with Gasteiger partial charge in [0.1, 0.15) is 5.75 Å². The van der Waals surface area contributed by atoms with Crippen molar-refractivity contribution in [1.29, 1.82) is 0 Å². The van der Waals surface area contributed by atoms with Crippen LogP contribution < -0.4 is 10.6 Å². The Kier molecular flexibility index (Phi) is 5.82. The number of aryl methyl sites for hydroxylation is 2. The summed E-state index contributed by atoms with van der Waals surface area (Å²) in [5, 5.41) is 15.4. The van der Waals surface area contributed by atoms with Crippen molar-refractivity contribution in [2.24, 2.45) is 0 Å². The van der Waals surface area contributed by atoms with Crippen molar-refractivity contribution in [3.63, 3.8) is 0 Å². The Balaban J connectivity index is 1.82. The van der Waals surface area contributed by atoms with Crippen molar-refractivity contribution in [3.05, 3.63) is 63.7 Å². The molecule has 2 amide bonds. The third-order valence-electron chi connectivity index (χ3n) is 3.57. The Morgan fingerprint density at radius 1 is 0.958 bits per heavy atom. The maximum absolute atomic E-state index is 12.1. The van der Waals surface area contributed by atoms with Crippen LogP contribution in [-0.4, -0.2) is 30.0 Å². The standard InChI is InChI=1S/C18H19ClN2O3/c1-11-10-14(22)4-5-15(11)18(24)21-8-7-20-17(23)13-3-6-16(19)12(2)9-13/h3-6,9-10,22H,7-8H2,1-2H3,(H,20,23)(H,21,24). The number of nitrogens with one attached hydrogen (secondary N) is 2. The van der Waals surface area contributed by atoms with Crippen molar-refractivity contribution < 1.29 is 14.7 Å². The van der Waals surface area contributed by atoms with Crippen LogP contribution in [0.4, 0.5) is 0 Å². The van der Waals surface area contributed by atoms with Gasteiger partial charge in [-0.05, 0) is 61.4 Å². The van der Waals surface area contributed by atoms with Crippen molar-refractivity contribution in [3.8, 4) is 5.75 Å². The van der Waals surface area contributed by atoms with Crippen LogP contribution in [-0.2, 0) is 0 Å². The normalized spacial score (nSPS) is 10.3. The quantitative estimate of drug-likeness (QED) is 0.728. The van der Waals surface area contributed by atoms with Gasteiger partial charge in [0.25, 0.3) is 11.8 Å². The van der Waals surface area contributed by atoms with Gasteiger partial charge >= 0.3 is 0 Å². The van der Waals surface area contributed by atoms with E-state index in [1.165, 1.54) is 12.1 Å². The molecule has 5 nitrogen and oxygen atoms in total. The molecule has 0 aliphatic rings. The number of phenols is 1. The molecule has 0 saturated heterocycles. The number of hydrogen-bond donors (Lipinski definition) is 3. The maximum atomic E-state index is 12.1. The Morgan fingerprint density at radius 2 is 1.62 bits per heavy atom. The van der Waals surface area contributed by atoms with E-state index in [4.69, 9.17) is 11.6 Å². The van der Waals surface area contributed by atoms with Crippen LogP contribution in [0.25, 0.3) is 0 Å². The number of amides is 2. The summed E-state index contributed by atoms with van der Waals surface area (Å²) in [4.78, 5) is 24.1. The fourth-order valence-corrected chi connectivity index (χ4v) is 2.36. The van der Waals surface area contributed by atoms with Crippen LogP contribution in [0.1, 0.15) is 31.8 Å². The molecule has 2 rings (SSSR count). The molecule has 126 valence electrons. The topological polar surface area (TPSA) is 78.4 Å². The highest BCUT2D eigenvalue weighted by molar-refractivity contribution is 6.31. The van der Waals surface area contributed by atoms with Gasteiger partial charge in [-0.1, -0.05) is 11.6 Å². The first kappa shape index (κ1) is 17.8. The fourth-order valence-electron chi connectivity index (χ4n) is 2.24. The molecule has 0 aliphatic carbocycles. The zero-order valence-electron chi connectivity index (χ0n) is 13.5. The van der Waals surface area contributed by atoms with E-state index < -0.39 is 0 Å². The van der Waals surface area contributed by atoms with E-state index in [-0.39, 0.29) is 17.6 Å². The Hall–Kier alpha value is -2.53. The molecule has 0 atom stereocenters. The summed E-state index contributed by atoms with van der Waals surface area (Å²) in [5.41, 5.74) is 2.54. The van der Waals surface area contributed by atoms with E-state index in [1.54, 1.807) is 31.2 Å². The number of hydrogen-bond acceptors (Lipinski definition) is 3. The van der Waals surface area contributed by atoms with E-state index >= 15 is 0 Å². The van der Waals surface area contributed by atoms with Gasteiger partial charge in [-0.3, -0.25) is 9.59 Å². The molecule has 0 saturated carbocycles. The van der Waals surface area contributed by atoms with Gasteiger partial charge < -0.3 is 15.7 Å². The van der Waals surface area contributed by atoms with Gasteiger partial charge in [0.05, 0.1) is 0 Å². The highest BCUT2D eigenvalue weighted by Gasteiger charge is 2.10. The predicted molar refractivity (Wildman–Crippen MR) is 93.7 cm³/mol. The van der Waals surface area contributed by atoms with E-state index in [0.717, 1.165) is 5.56 Å². The zero-order valence-corrected chi connectivity index (χ0v) is 14.3. The Labute approximate surface area is 145 Å². The fraction of sp³-hybridized carbons (Fsp3) is 0.222. The minimum absolute atomic E-state index is 0.120.